The first-order chi connectivity index (χ1) is 8.58. The molecule has 0 radical (unpaired) electrons. The van der Waals surface area contributed by atoms with Gasteiger partial charge in [0.15, 0.2) is 0 Å². The second-order valence-electron chi connectivity index (χ2n) is 5.04. The average molecular weight is 248 g/mol. The lowest BCUT2D eigenvalue weighted by atomic mass is 9.91. The maximum atomic E-state index is 11.1. The van der Waals surface area contributed by atoms with Crippen molar-refractivity contribution in [2.24, 2.45) is 5.73 Å². The zero-order chi connectivity index (χ0) is 13.1. The van der Waals surface area contributed by atoms with Crippen LogP contribution in [0.15, 0.2) is 18.2 Å². The van der Waals surface area contributed by atoms with Crippen molar-refractivity contribution < 1.29 is 9.90 Å². The smallest absolute Gasteiger partial charge is 0.336 e. The van der Waals surface area contributed by atoms with Crippen LogP contribution in [0.25, 0.3) is 0 Å². The Kier molecular flexibility index (Phi) is 3.87. The Balaban J connectivity index is 2.10. The molecule has 1 aliphatic carbocycles. The minimum Gasteiger partial charge on any atom is -0.478 e. The molecule has 0 heterocycles. The van der Waals surface area contributed by atoms with Crippen LogP contribution in [0.3, 0.4) is 0 Å². The third kappa shape index (κ3) is 2.82. The molecule has 0 atom stereocenters. The molecule has 1 aromatic carbocycles. The summed E-state index contributed by atoms with van der Waals surface area (Å²) in [5.74, 6) is -0.873. The van der Waals surface area contributed by atoms with E-state index in [0.717, 1.165) is 36.9 Å². The van der Waals surface area contributed by atoms with Crippen molar-refractivity contribution in [3.8, 4) is 0 Å². The molecule has 0 amide bonds. The fraction of sp³-hybridized carbons (Fsp3) is 0.500. The van der Waals surface area contributed by atoms with Crippen LogP contribution >= 0.6 is 0 Å². The van der Waals surface area contributed by atoms with Crippen LogP contribution in [0.1, 0.15) is 41.6 Å². The summed E-state index contributed by atoms with van der Waals surface area (Å²) in [7, 11) is 0. The Morgan fingerprint density at radius 2 is 2.00 bits per heavy atom. The van der Waals surface area contributed by atoms with Gasteiger partial charge in [0.25, 0.3) is 0 Å². The predicted molar refractivity (Wildman–Crippen MR) is 72.0 cm³/mol. The lowest BCUT2D eigenvalue weighted by Crippen LogP contribution is -2.33. The molecule has 4 N–H and O–H groups in total. The number of aromatic carboxylic acids is 1. The van der Waals surface area contributed by atoms with E-state index in [2.05, 4.69) is 5.32 Å². The summed E-state index contributed by atoms with van der Waals surface area (Å²) in [5.41, 5.74) is 7.98. The van der Waals surface area contributed by atoms with E-state index in [4.69, 9.17) is 10.8 Å². The van der Waals surface area contributed by atoms with Gasteiger partial charge in [0.2, 0.25) is 0 Å². The number of hydrogen-bond donors (Lipinski definition) is 3. The van der Waals surface area contributed by atoms with Crippen LogP contribution < -0.4 is 11.1 Å². The normalized spacial score (nSPS) is 23.7. The van der Waals surface area contributed by atoms with Gasteiger partial charge in [-0.05, 0) is 50.3 Å². The molecule has 0 aromatic heterocycles. The summed E-state index contributed by atoms with van der Waals surface area (Å²) < 4.78 is 0. The van der Waals surface area contributed by atoms with Crippen LogP contribution in [0.4, 0.5) is 5.69 Å². The molecule has 0 spiro atoms. The predicted octanol–water partition coefficient (Wildman–Crippen LogP) is 2.38. The van der Waals surface area contributed by atoms with Crippen molar-refractivity contribution in [1.29, 1.82) is 0 Å². The highest BCUT2D eigenvalue weighted by Gasteiger charge is 2.19. The third-order valence-corrected chi connectivity index (χ3v) is 3.70. The number of rotatable bonds is 3. The number of benzene rings is 1. The Labute approximate surface area is 107 Å². The molecule has 0 aliphatic heterocycles. The summed E-state index contributed by atoms with van der Waals surface area (Å²) in [6.45, 7) is 1.85. The van der Waals surface area contributed by atoms with Gasteiger partial charge in [-0.3, -0.25) is 0 Å². The van der Waals surface area contributed by atoms with Crippen molar-refractivity contribution >= 4 is 11.7 Å². The van der Waals surface area contributed by atoms with Crippen molar-refractivity contribution in [3.05, 3.63) is 29.3 Å². The molecule has 0 saturated heterocycles. The van der Waals surface area contributed by atoms with Crippen molar-refractivity contribution in [2.45, 2.75) is 44.7 Å². The maximum Gasteiger partial charge on any atom is 0.336 e. The van der Waals surface area contributed by atoms with Crippen LogP contribution in [-0.4, -0.2) is 23.2 Å². The molecule has 4 nitrogen and oxygen atoms in total. The van der Waals surface area contributed by atoms with E-state index in [1.54, 1.807) is 12.1 Å². The van der Waals surface area contributed by atoms with E-state index in [1.807, 2.05) is 13.0 Å². The average Bonchev–Trinajstić information content (AvgIpc) is 2.34. The SMILES string of the molecule is Cc1c(NC2CCC(N)CC2)cccc1C(=O)O. The van der Waals surface area contributed by atoms with Crippen molar-refractivity contribution in [3.63, 3.8) is 0 Å². The van der Waals surface area contributed by atoms with Gasteiger partial charge in [-0.1, -0.05) is 6.07 Å². The fourth-order valence-electron chi connectivity index (χ4n) is 2.51. The molecule has 0 unspecified atom stereocenters. The Hall–Kier alpha value is -1.55. The second-order valence-corrected chi connectivity index (χ2v) is 5.04. The van der Waals surface area contributed by atoms with Gasteiger partial charge >= 0.3 is 5.97 Å². The molecule has 1 aliphatic rings. The van der Waals surface area contributed by atoms with Crippen LogP contribution in [0.5, 0.6) is 0 Å². The van der Waals surface area contributed by atoms with Gasteiger partial charge in [0.05, 0.1) is 5.56 Å². The van der Waals surface area contributed by atoms with E-state index < -0.39 is 5.97 Å². The van der Waals surface area contributed by atoms with Crippen LogP contribution in [0, 0.1) is 6.92 Å². The van der Waals surface area contributed by atoms with Gasteiger partial charge in [-0.15, -0.1) is 0 Å². The molecule has 1 saturated carbocycles. The lowest BCUT2D eigenvalue weighted by Gasteiger charge is -2.28. The minimum absolute atomic E-state index is 0.328. The monoisotopic (exact) mass is 248 g/mol. The summed E-state index contributed by atoms with van der Waals surface area (Å²) in [6.07, 6.45) is 4.18. The molecule has 1 aromatic rings. The van der Waals surface area contributed by atoms with E-state index >= 15 is 0 Å². The van der Waals surface area contributed by atoms with E-state index in [1.165, 1.54) is 0 Å². The number of anilines is 1. The Morgan fingerprint density at radius 1 is 1.33 bits per heavy atom. The highest BCUT2D eigenvalue weighted by molar-refractivity contribution is 5.91. The summed E-state index contributed by atoms with van der Waals surface area (Å²) >= 11 is 0. The molecule has 98 valence electrons. The van der Waals surface area contributed by atoms with E-state index in [-0.39, 0.29) is 0 Å². The Bertz CT molecular complexity index is 437. The largest absolute Gasteiger partial charge is 0.478 e. The second kappa shape index (κ2) is 5.40. The van der Waals surface area contributed by atoms with E-state index in [0.29, 0.717) is 17.6 Å². The molecule has 18 heavy (non-hydrogen) atoms. The quantitative estimate of drug-likeness (QED) is 0.767. The zero-order valence-electron chi connectivity index (χ0n) is 10.6. The minimum atomic E-state index is -0.873. The van der Waals surface area contributed by atoms with Crippen molar-refractivity contribution in [2.75, 3.05) is 5.32 Å². The number of nitrogens with one attached hydrogen (secondary N) is 1. The van der Waals surface area contributed by atoms with Crippen LogP contribution in [0.2, 0.25) is 0 Å². The molecular formula is C14H20N2O2. The fourth-order valence-corrected chi connectivity index (χ4v) is 2.51. The first-order valence-corrected chi connectivity index (χ1v) is 6.43. The first-order valence-electron chi connectivity index (χ1n) is 6.43. The van der Waals surface area contributed by atoms with Gasteiger partial charge < -0.3 is 16.2 Å². The van der Waals surface area contributed by atoms with Gasteiger partial charge in [-0.25, -0.2) is 4.79 Å². The number of carboxylic acids is 1. The highest BCUT2D eigenvalue weighted by atomic mass is 16.4. The topological polar surface area (TPSA) is 75.3 Å². The Morgan fingerprint density at radius 3 is 2.61 bits per heavy atom. The molecule has 2 rings (SSSR count). The number of nitrogens with two attached hydrogens (primary N) is 1. The number of hydrogen-bond acceptors (Lipinski definition) is 3. The summed E-state index contributed by atoms with van der Waals surface area (Å²) in [5, 5.41) is 12.5. The maximum absolute atomic E-state index is 11.1. The standard InChI is InChI=1S/C14H20N2O2/c1-9-12(14(17)18)3-2-4-13(9)16-11-7-5-10(15)6-8-11/h2-4,10-11,16H,5-8,15H2,1H3,(H,17,18). The van der Waals surface area contributed by atoms with Crippen molar-refractivity contribution in [1.82, 2.24) is 0 Å². The molecule has 4 heteroatoms. The third-order valence-electron chi connectivity index (χ3n) is 3.70. The molecule has 0 bridgehead atoms. The van der Waals surface area contributed by atoms with Gasteiger partial charge in [0.1, 0.15) is 0 Å². The highest BCUT2D eigenvalue weighted by Crippen LogP contribution is 2.24. The lowest BCUT2D eigenvalue weighted by molar-refractivity contribution is 0.0696. The summed E-state index contributed by atoms with van der Waals surface area (Å²) in [4.78, 5) is 11.1. The number of carbonyl (C=O) groups is 1. The van der Waals surface area contributed by atoms with Gasteiger partial charge in [0, 0.05) is 17.8 Å². The molecule has 1 fully saturated rings. The first kappa shape index (κ1) is 12.9. The molecular weight excluding hydrogens is 228 g/mol. The van der Waals surface area contributed by atoms with E-state index in [9.17, 15) is 4.79 Å². The summed E-state index contributed by atoms with van der Waals surface area (Å²) in [6, 6.07) is 6.10. The van der Waals surface area contributed by atoms with Gasteiger partial charge in [-0.2, -0.15) is 0 Å². The van der Waals surface area contributed by atoms with Crippen LogP contribution in [-0.2, 0) is 0 Å². The number of carboxylic acid groups (broad SMARTS) is 1. The zero-order valence-corrected chi connectivity index (χ0v) is 10.6.